The number of rotatable bonds is 2. The van der Waals surface area contributed by atoms with Crippen molar-refractivity contribution in [2.24, 2.45) is 0 Å². The van der Waals surface area contributed by atoms with E-state index < -0.39 is 0 Å². The lowest BCUT2D eigenvalue weighted by molar-refractivity contribution is 1.51. The minimum atomic E-state index is 0.637. The van der Waals surface area contributed by atoms with Crippen LogP contribution >= 0.6 is 22.9 Å². The van der Waals surface area contributed by atoms with Gasteiger partial charge in [0.15, 0.2) is 0 Å². The normalized spacial score (nSPS) is 11.2. The molecule has 0 spiro atoms. The van der Waals surface area contributed by atoms with Gasteiger partial charge in [-0.2, -0.15) is 5.26 Å². The molecule has 0 N–H and O–H groups in total. The first-order valence-electron chi connectivity index (χ1n) is 5.12. The summed E-state index contributed by atoms with van der Waals surface area (Å²) in [6.45, 7) is 2.04. The Morgan fingerprint density at radius 1 is 1.41 bits per heavy atom. The lowest BCUT2D eigenvalue weighted by Gasteiger charge is -1.99. The van der Waals surface area contributed by atoms with Crippen molar-refractivity contribution in [3.05, 3.63) is 56.7 Å². The van der Waals surface area contributed by atoms with Gasteiger partial charge in [0.1, 0.15) is 0 Å². The predicted molar refractivity (Wildman–Crippen MR) is 74.0 cm³/mol. The molecule has 17 heavy (non-hydrogen) atoms. The van der Waals surface area contributed by atoms with Crippen LogP contribution in [-0.4, -0.2) is 0 Å². The van der Waals surface area contributed by atoms with Crippen LogP contribution < -0.4 is 0 Å². The molecular weight excluding hydrogens is 250 g/mol. The monoisotopic (exact) mass is 259 g/mol. The van der Waals surface area contributed by atoms with E-state index in [0.29, 0.717) is 10.6 Å². The SMILES string of the molecule is Cc1ccsc1C=C(C#N)c1cccc(Cl)c1. The van der Waals surface area contributed by atoms with Crippen LogP contribution in [0.4, 0.5) is 0 Å². The topological polar surface area (TPSA) is 23.8 Å². The van der Waals surface area contributed by atoms with Crippen LogP contribution in [0.1, 0.15) is 16.0 Å². The maximum atomic E-state index is 9.20. The van der Waals surface area contributed by atoms with E-state index in [1.807, 2.05) is 36.6 Å². The molecule has 84 valence electrons. The molecule has 0 atom stereocenters. The molecule has 1 nitrogen and oxygen atoms in total. The average Bonchev–Trinajstić information content (AvgIpc) is 2.71. The third kappa shape index (κ3) is 2.76. The Hall–Kier alpha value is -1.56. The van der Waals surface area contributed by atoms with E-state index in [2.05, 4.69) is 6.07 Å². The number of benzene rings is 1. The summed E-state index contributed by atoms with van der Waals surface area (Å²) in [5.41, 5.74) is 2.68. The van der Waals surface area contributed by atoms with Crippen molar-refractivity contribution in [2.45, 2.75) is 6.92 Å². The van der Waals surface area contributed by atoms with Crippen molar-refractivity contribution in [3.8, 4) is 6.07 Å². The molecular formula is C14H10ClNS. The van der Waals surface area contributed by atoms with Crippen LogP contribution in [0.5, 0.6) is 0 Å². The number of thiophene rings is 1. The third-order valence-electron chi connectivity index (χ3n) is 2.43. The zero-order valence-electron chi connectivity index (χ0n) is 9.27. The van der Waals surface area contributed by atoms with E-state index in [4.69, 9.17) is 11.6 Å². The van der Waals surface area contributed by atoms with Crippen molar-refractivity contribution in [1.82, 2.24) is 0 Å². The smallest absolute Gasteiger partial charge is 0.0998 e. The Morgan fingerprint density at radius 2 is 2.24 bits per heavy atom. The molecule has 2 rings (SSSR count). The molecule has 0 unspecified atom stereocenters. The van der Waals surface area contributed by atoms with Gasteiger partial charge in [-0.1, -0.05) is 23.7 Å². The second-order valence-electron chi connectivity index (χ2n) is 3.65. The van der Waals surface area contributed by atoms with Gasteiger partial charge in [0.2, 0.25) is 0 Å². The first-order chi connectivity index (χ1) is 8.20. The minimum absolute atomic E-state index is 0.637. The molecule has 0 radical (unpaired) electrons. The zero-order valence-corrected chi connectivity index (χ0v) is 10.8. The quantitative estimate of drug-likeness (QED) is 0.713. The van der Waals surface area contributed by atoms with Crippen LogP contribution in [0.2, 0.25) is 5.02 Å². The van der Waals surface area contributed by atoms with Crippen LogP contribution in [-0.2, 0) is 0 Å². The molecule has 0 fully saturated rings. The molecule has 1 aromatic heterocycles. The van der Waals surface area contributed by atoms with Gasteiger partial charge in [-0.3, -0.25) is 0 Å². The van der Waals surface area contributed by atoms with E-state index in [1.165, 1.54) is 5.56 Å². The van der Waals surface area contributed by atoms with Crippen molar-refractivity contribution in [2.75, 3.05) is 0 Å². The van der Waals surface area contributed by atoms with Crippen LogP contribution in [0.15, 0.2) is 35.7 Å². The fourth-order valence-corrected chi connectivity index (χ4v) is 2.55. The Morgan fingerprint density at radius 3 is 2.82 bits per heavy atom. The maximum Gasteiger partial charge on any atom is 0.0998 e. The van der Waals surface area contributed by atoms with E-state index in [-0.39, 0.29) is 0 Å². The summed E-state index contributed by atoms with van der Waals surface area (Å²) < 4.78 is 0. The highest BCUT2D eigenvalue weighted by molar-refractivity contribution is 7.11. The Bertz CT molecular complexity index is 605. The summed E-state index contributed by atoms with van der Waals surface area (Å²) in [6, 6.07) is 11.6. The average molecular weight is 260 g/mol. The predicted octanol–water partition coefficient (Wildman–Crippen LogP) is 4.77. The van der Waals surface area contributed by atoms with Crippen molar-refractivity contribution < 1.29 is 0 Å². The summed E-state index contributed by atoms with van der Waals surface area (Å²) in [7, 11) is 0. The highest BCUT2D eigenvalue weighted by atomic mass is 35.5. The lowest BCUT2D eigenvalue weighted by atomic mass is 10.1. The van der Waals surface area contributed by atoms with E-state index >= 15 is 0 Å². The molecule has 0 bridgehead atoms. The third-order valence-corrected chi connectivity index (χ3v) is 3.63. The van der Waals surface area contributed by atoms with E-state index in [9.17, 15) is 5.26 Å². The van der Waals surface area contributed by atoms with E-state index in [1.54, 1.807) is 23.5 Å². The molecule has 0 aliphatic rings. The van der Waals surface area contributed by atoms with Crippen LogP contribution in [0.25, 0.3) is 11.6 Å². The van der Waals surface area contributed by atoms with Crippen molar-refractivity contribution in [1.29, 1.82) is 5.26 Å². The van der Waals surface area contributed by atoms with Crippen molar-refractivity contribution >= 4 is 34.6 Å². The lowest BCUT2D eigenvalue weighted by Crippen LogP contribution is -1.81. The van der Waals surface area contributed by atoms with Gasteiger partial charge in [0.25, 0.3) is 0 Å². The number of hydrogen-bond donors (Lipinski definition) is 0. The number of nitriles is 1. The molecule has 2 aromatic rings. The van der Waals surface area contributed by atoms with Gasteiger partial charge >= 0.3 is 0 Å². The molecule has 3 heteroatoms. The Kier molecular flexibility index (Phi) is 3.63. The highest BCUT2D eigenvalue weighted by Crippen LogP contribution is 2.24. The van der Waals surface area contributed by atoms with Gasteiger partial charge in [0.05, 0.1) is 11.6 Å². The van der Waals surface area contributed by atoms with Gasteiger partial charge in [0, 0.05) is 9.90 Å². The fourth-order valence-electron chi connectivity index (χ4n) is 1.50. The van der Waals surface area contributed by atoms with Gasteiger partial charge in [-0.05, 0) is 47.7 Å². The standard InChI is InChI=1S/C14H10ClNS/c1-10-5-6-17-14(10)8-12(9-16)11-3-2-4-13(15)7-11/h2-8H,1H3. The summed E-state index contributed by atoms with van der Waals surface area (Å²) in [5, 5.41) is 11.9. The first-order valence-corrected chi connectivity index (χ1v) is 6.38. The van der Waals surface area contributed by atoms with Crippen LogP contribution in [0.3, 0.4) is 0 Å². The van der Waals surface area contributed by atoms with Gasteiger partial charge in [-0.15, -0.1) is 11.3 Å². The highest BCUT2D eigenvalue weighted by Gasteiger charge is 2.03. The number of nitrogens with zero attached hydrogens (tertiary/aromatic N) is 1. The zero-order chi connectivity index (χ0) is 12.3. The van der Waals surface area contributed by atoms with Gasteiger partial charge in [-0.25, -0.2) is 0 Å². The molecule has 1 heterocycles. The minimum Gasteiger partial charge on any atom is -0.192 e. The first kappa shape index (κ1) is 11.9. The van der Waals surface area contributed by atoms with Crippen molar-refractivity contribution in [3.63, 3.8) is 0 Å². The molecule has 0 aliphatic heterocycles. The number of halogens is 1. The largest absolute Gasteiger partial charge is 0.192 e. The Labute approximate surface area is 110 Å². The Balaban J connectivity index is 2.45. The number of aryl methyl sites for hydroxylation is 1. The molecule has 0 saturated carbocycles. The number of hydrogen-bond acceptors (Lipinski definition) is 2. The summed E-state index contributed by atoms with van der Waals surface area (Å²) in [5.74, 6) is 0. The molecule has 0 aliphatic carbocycles. The molecule has 0 amide bonds. The molecule has 0 saturated heterocycles. The summed E-state index contributed by atoms with van der Waals surface area (Å²) >= 11 is 7.56. The summed E-state index contributed by atoms with van der Waals surface area (Å²) in [4.78, 5) is 1.11. The second kappa shape index (κ2) is 5.18. The van der Waals surface area contributed by atoms with Gasteiger partial charge < -0.3 is 0 Å². The fraction of sp³-hybridized carbons (Fsp3) is 0.0714. The number of allylic oxidation sites excluding steroid dienone is 1. The van der Waals surface area contributed by atoms with E-state index in [0.717, 1.165) is 10.4 Å². The summed E-state index contributed by atoms with van der Waals surface area (Å²) in [6.07, 6.45) is 1.91. The second-order valence-corrected chi connectivity index (χ2v) is 5.03. The maximum absolute atomic E-state index is 9.20. The molecule has 1 aromatic carbocycles. The van der Waals surface area contributed by atoms with Crippen LogP contribution in [0, 0.1) is 18.3 Å².